The summed E-state index contributed by atoms with van der Waals surface area (Å²) in [6, 6.07) is 5.57. The lowest BCUT2D eigenvalue weighted by atomic mass is 10.1. The zero-order valence-corrected chi connectivity index (χ0v) is 15.9. The second-order valence-corrected chi connectivity index (χ2v) is 8.22. The molecular formula is C18H23F2N3OS. The molecule has 4 nitrogen and oxygen atoms in total. The predicted molar refractivity (Wildman–Crippen MR) is 97.8 cm³/mol. The number of halogens is 2. The van der Waals surface area contributed by atoms with Gasteiger partial charge in [0.15, 0.2) is 0 Å². The first kappa shape index (κ1) is 19.4. The summed E-state index contributed by atoms with van der Waals surface area (Å²) in [7, 11) is 0. The van der Waals surface area contributed by atoms with E-state index in [-0.39, 0.29) is 22.8 Å². The summed E-state index contributed by atoms with van der Waals surface area (Å²) >= 11 is 1.18. The molecule has 7 heteroatoms. The van der Waals surface area contributed by atoms with E-state index in [1.54, 1.807) is 17.7 Å². The van der Waals surface area contributed by atoms with Crippen molar-refractivity contribution in [2.45, 2.75) is 45.4 Å². The van der Waals surface area contributed by atoms with E-state index in [4.69, 9.17) is 0 Å². The maximum atomic E-state index is 13.8. The molecule has 0 aliphatic heterocycles. The van der Waals surface area contributed by atoms with Gasteiger partial charge in [-0.05, 0) is 46.8 Å². The van der Waals surface area contributed by atoms with Crippen LogP contribution in [-0.2, 0) is 10.3 Å². The Balaban J connectivity index is 2.02. The van der Waals surface area contributed by atoms with E-state index in [9.17, 15) is 13.6 Å². The fourth-order valence-corrected chi connectivity index (χ4v) is 3.33. The molecule has 0 aliphatic carbocycles. The molecule has 136 valence electrons. The van der Waals surface area contributed by atoms with Crippen LogP contribution in [0.15, 0.2) is 24.3 Å². The molecular weight excluding hydrogens is 344 g/mol. The monoisotopic (exact) mass is 367 g/mol. The summed E-state index contributed by atoms with van der Waals surface area (Å²) in [4.78, 5) is 12.2. The van der Waals surface area contributed by atoms with Gasteiger partial charge in [-0.3, -0.25) is 4.79 Å². The third kappa shape index (κ3) is 4.81. The Morgan fingerprint density at radius 3 is 2.48 bits per heavy atom. The molecule has 0 saturated heterocycles. The van der Waals surface area contributed by atoms with Crippen LogP contribution in [0.5, 0.6) is 0 Å². The average molecular weight is 367 g/mol. The lowest BCUT2D eigenvalue weighted by Gasteiger charge is -2.22. The molecule has 1 unspecified atom stereocenters. The van der Waals surface area contributed by atoms with E-state index in [0.29, 0.717) is 5.82 Å². The van der Waals surface area contributed by atoms with Crippen LogP contribution < -0.4 is 5.32 Å². The van der Waals surface area contributed by atoms with Gasteiger partial charge in [0.1, 0.15) is 17.5 Å². The Kier molecular flexibility index (Phi) is 5.87. The van der Waals surface area contributed by atoms with E-state index in [1.165, 1.54) is 30.0 Å². The zero-order valence-electron chi connectivity index (χ0n) is 15.1. The highest BCUT2D eigenvalue weighted by atomic mass is 32.2. The first-order valence-corrected chi connectivity index (χ1v) is 9.07. The highest BCUT2D eigenvalue weighted by molar-refractivity contribution is 8.00. The second kappa shape index (κ2) is 7.56. The molecule has 25 heavy (non-hydrogen) atoms. The summed E-state index contributed by atoms with van der Waals surface area (Å²) in [5, 5.41) is 6.75. The minimum Gasteiger partial charge on any atom is -0.310 e. The van der Waals surface area contributed by atoms with Crippen molar-refractivity contribution in [1.29, 1.82) is 0 Å². The Labute approximate surface area is 151 Å². The summed E-state index contributed by atoms with van der Waals surface area (Å²) in [5.41, 5.74) is 0.531. The van der Waals surface area contributed by atoms with Gasteiger partial charge in [0, 0.05) is 16.9 Å². The number of carbonyl (C=O) groups excluding carboxylic acids is 1. The van der Waals surface area contributed by atoms with Crippen molar-refractivity contribution in [1.82, 2.24) is 9.78 Å². The molecule has 2 rings (SSSR count). The molecule has 0 aliphatic rings. The van der Waals surface area contributed by atoms with Gasteiger partial charge in [0.2, 0.25) is 5.91 Å². The molecule has 1 heterocycles. The summed E-state index contributed by atoms with van der Waals surface area (Å²) in [6.45, 7) is 9.52. The number of carbonyl (C=O) groups is 1. The summed E-state index contributed by atoms with van der Waals surface area (Å²) < 4.78 is 29.3. The molecule has 1 atom stereocenters. The van der Waals surface area contributed by atoms with Crippen molar-refractivity contribution >= 4 is 23.5 Å². The average Bonchev–Trinajstić information content (AvgIpc) is 2.85. The molecule has 1 amide bonds. The second-order valence-electron chi connectivity index (χ2n) is 6.89. The van der Waals surface area contributed by atoms with Gasteiger partial charge in [-0.1, -0.05) is 6.07 Å². The first-order valence-electron chi connectivity index (χ1n) is 8.02. The van der Waals surface area contributed by atoms with Crippen LogP contribution in [0.1, 0.15) is 44.2 Å². The summed E-state index contributed by atoms with van der Waals surface area (Å²) in [5.74, 6) is -0.730. The van der Waals surface area contributed by atoms with Gasteiger partial charge < -0.3 is 5.32 Å². The third-order valence-electron chi connectivity index (χ3n) is 3.61. The summed E-state index contributed by atoms with van der Waals surface area (Å²) in [6.07, 6.45) is 0. The van der Waals surface area contributed by atoms with E-state index in [2.05, 4.69) is 10.4 Å². The lowest BCUT2D eigenvalue weighted by molar-refractivity contribution is -0.113. The minimum absolute atomic E-state index is 0.00382. The van der Waals surface area contributed by atoms with Crippen LogP contribution in [-0.4, -0.2) is 21.4 Å². The molecule has 2 aromatic rings. The fraction of sp³-hybridized carbons (Fsp3) is 0.444. The topological polar surface area (TPSA) is 46.9 Å². The van der Waals surface area contributed by atoms with Gasteiger partial charge in [0.25, 0.3) is 0 Å². The molecule has 1 aromatic carbocycles. The third-order valence-corrected chi connectivity index (χ3v) is 4.77. The van der Waals surface area contributed by atoms with Crippen molar-refractivity contribution in [2.75, 3.05) is 11.1 Å². The number of anilines is 1. The van der Waals surface area contributed by atoms with Crippen LogP contribution in [0.2, 0.25) is 0 Å². The highest BCUT2D eigenvalue weighted by Gasteiger charge is 2.21. The highest BCUT2D eigenvalue weighted by Crippen LogP contribution is 2.32. The Hall–Kier alpha value is -1.89. The van der Waals surface area contributed by atoms with Crippen LogP contribution in [0.4, 0.5) is 14.6 Å². The normalized spacial score (nSPS) is 12.9. The van der Waals surface area contributed by atoms with Crippen LogP contribution in [0, 0.1) is 18.6 Å². The van der Waals surface area contributed by atoms with Gasteiger partial charge in [-0.15, -0.1) is 11.8 Å². The van der Waals surface area contributed by atoms with Crippen molar-refractivity contribution in [3.05, 3.63) is 47.2 Å². The number of hydrogen-bond donors (Lipinski definition) is 1. The molecule has 1 N–H and O–H groups in total. The van der Waals surface area contributed by atoms with Crippen molar-refractivity contribution in [3.63, 3.8) is 0 Å². The van der Waals surface area contributed by atoms with Crippen LogP contribution in [0.25, 0.3) is 0 Å². The number of nitrogens with zero attached hydrogens (tertiary/aromatic N) is 2. The number of amides is 1. The van der Waals surface area contributed by atoms with Gasteiger partial charge >= 0.3 is 0 Å². The smallest absolute Gasteiger partial charge is 0.235 e. The number of rotatable bonds is 5. The number of nitrogens with one attached hydrogen (secondary N) is 1. The maximum Gasteiger partial charge on any atom is 0.235 e. The SMILES string of the molecule is Cc1cc(NC(=O)CSC(C)c2c(F)cccc2F)n(C(C)(C)C)n1. The predicted octanol–water partition coefficient (Wildman–Crippen LogP) is 4.66. The van der Waals surface area contributed by atoms with Crippen molar-refractivity contribution < 1.29 is 13.6 Å². The zero-order chi connectivity index (χ0) is 18.8. The molecule has 0 radical (unpaired) electrons. The molecule has 0 fully saturated rings. The van der Waals surface area contributed by atoms with Gasteiger partial charge in [-0.25, -0.2) is 13.5 Å². The van der Waals surface area contributed by atoms with Gasteiger partial charge in [0.05, 0.1) is 17.0 Å². The number of aromatic nitrogens is 2. The standard InChI is InChI=1S/C18H23F2N3OS/c1-11-9-15(23(22-11)18(3,4)5)21-16(24)10-25-12(2)17-13(19)7-6-8-14(17)20/h6-9,12H,10H2,1-5H3,(H,21,24). The van der Waals surface area contributed by atoms with E-state index in [0.717, 1.165) is 5.69 Å². The Bertz CT molecular complexity index is 748. The van der Waals surface area contributed by atoms with Gasteiger partial charge in [-0.2, -0.15) is 5.10 Å². The molecule has 0 spiro atoms. The lowest BCUT2D eigenvalue weighted by Crippen LogP contribution is -2.27. The first-order chi connectivity index (χ1) is 11.6. The minimum atomic E-state index is -0.596. The quantitative estimate of drug-likeness (QED) is 0.836. The van der Waals surface area contributed by atoms with E-state index >= 15 is 0 Å². The number of hydrogen-bond acceptors (Lipinski definition) is 3. The Morgan fingerprint density at radius 2 is 1.92 bits per heavy atom. The maximum absolute atomic E-state index is 13.8. The molecule has 0 bridgehead atoms. The largest absolute Gasteiger partial charge is 0.310 e. The Morgan fingerprint density at radius 1 is 1.32 bits per heavy atom. The molecule has 0 saturated carbocycles. The van der Waals surface area contributed by atoms with Crippen molar-refractivity contribution in [2.24, 2.45) is 0 Å². The number of benzene rings is 1. The number of aryl methyl sites for hydroxylation is 1. The van der Waals surface area contributed by atoms with Crippen LogP contribution in [0.3, 0.4) is 0 Å². The van der Waals surface area contributed by atoms with E-state index in [1.807, 2.05) is 27.7 Å². The van der Waals surface area contributed by atoms with Crippen molar-refractivity contribution in [3.8, 4) is 0 Å². The fourth-order valence-electron chi connectivity index (χ4n) is 2.46. The van der Waals surface area contributed by atoms with E-state index < -0.39 is 16.9 Å². The number of thioether (sulfide) groups is 1. The van der Waals surface area contributed by atoms with Crippen LogP contribution >= 0.6 is 11.8 Å². The molecule has 1 aromatic heterocycles.